The molecule has 0 amide bonds. The zero-order valence-electron chi connectivity index (χ0n) is 20.3. The largest absolute Gasteiger partial charge is 0.477 e. The van der Waals surface area contributed by atoms with Gasteiger partial charge in [0.05, 0.1) is 17.6 Å². The van der Waals surface area contributed by atoms with Crippen LogP contribution >= 0.6 is 12.2 Å². The lowest BCUT2D eigenvalue weighted by Gasteiger charge is -2.20. The van der Waals surface area contributed by atoms with Crippen LogP contribution < -0.4 is 21.0 Å². The lowest BCUT2D eigenvalue weighted by Crippen LogP contribution is -2.35. The molecule has 1 saturated heterocycles. The van der Waals surface area contributed by atoms with Crippen LogP contribution in [0.4, 0.5) is 20.3 Å². The van der Waals surface area contributed by atoms with Crippen LogP contribution in [0.15, 0.2) is 46.5 Å². The number of carbonyl (C=O) groups is 1. The van der Waals surface area contributed by atoms with Gasteiger partial charge in [0, 0.05) is 36.9 Å². The van der Waals surface area contributed by atoms with Gasteiger partial charge in [0.15, 0.2) is 16.7 Å². The molecule has 2 fully saturated rings. The molecule has 1 aromatic carbocycles. The fourth-order valence-electron chi connectivity index (χ4n) is 4.49. The maximum Gasteiger partial charge on any atom is 0.341 e. The summed E-state index contributed by atoms with van der Waals surface area (Å²) in [5.74, 6) is -2.63. The summed E-state index contributed by atoms with van der Waals surface area (Å²) in [6, 6.07) is 6.84. The minimum Gasteiger partial charge on any atom is -0.477 e. The molecule has 1 saturated carbocycles. The van der Waals surface area contributed by atoms with Gasteiger partial charge in [-0.1, -0.05) is 5.16 Å². The third kappa shape index (κ3) is 5.14. The van der Waals surface area contributed by atoms with Gasteiger partial charge in [-0.2, -0.15) is 0 Å². The van der Waals surface area contributed by atoms with Crippen LogP contribution in [0.5, 0.6) is 0 Å². The molecule has 13 heteroatoms. The SMILES string of the molecule is CON=C1CN(c2nc3c(cc2F)c(=O)c(C(=O)O)cn3C2CC2)CC1CNC(=S)Nc1ccc(F)cc1. The van der Waals surface area contributed by atoms with Gasteiger partial charge in [0.1, 0.15) is 24.1 Å². The predicted octanol–water partition coefficient (Wildman–Crippen LogP) is 3.13. The average Bonchev–Trinajstić information content (AvgIpc) is 3.65. The number of carboxylic acids is 1. The quantitative estimate of drug-likeness (QED) is 0.305. The van der Waals surface area contributed by atoms with Crippen LogP contribution in [0.3, 0.4) is 0 Å². The summed E-state index contributed by atoms with van der Waals surface area (Å²) in [5, 5.41) is 19.9. The third-order valence-electron chi connectivity index (χ3n) is 6.49. The number of fused-ring (bicyclic) bond motifs is 1. The van der Waals surface area contributed by atoms with Crippen LogP contribution in [-0.2, 0) is 4.84 Å². The van der Waals surface area contributed by atoms with Gasteiger partial charge in [-0.15, -0.1) is 0 Å². The van der Waals surface area contributed by atoms with Gasteiger partial charge in [-0.25, -0.2) is 18.6 Å². The number of halogens is 2. The van der Waals surface area contributed by atoms with E-state index in [1.54, 1.807) is 21.6 Å². The molecule has 3 heterocycles. The number of hydrogen-bond donors (Lipinski definition) is 3. The fraction of sp³-hybridized carbons (Fsp3) is 0.320. The van der Waals surface area contributed by atoms with Crippen LogP contribution in [0.25, 0.3) is 11.0 Å². The number of aromatic nitrogens is 2. The monoisotopic (exact) mass is 542 g/mol. The molecular weight excluding hydrogens is 518 g/mol. The van der Waals surface area contributed by atoms with Gasteiger partial charge in [0.2, 0.25) is 5.43 Å². The number of rotatable bonds is 7. The van der Waals surface area contributed by atoms with Crippen molar-refractivity contribution in [2.75, 3.05) is 37.0 Å². The molecule has 5 rings (SSSR count). The number of thiocarbonyl (C=S) groups is 1. The summed E-state index contributed by atoms with van der Waals surface area (Å²) < 4.78 is 30.1. The molecule has 2 aromatic heterocycles. The highest BCUT2D eigenvalue weighted by atomic mass is 32.1. The first-order chi connectivity index (χ1) is 18.2. The lowest BCUT2D eigenvalue weighted by atomic mass is 10.1. The topological polar surface area (TPSA) is 121 Å². The van der Waals surface area contributed by atoms with Crippen LogP contribution in [0.2, 0.25) is 0 Å². The molecule has 1 unspecified atom stereocenters. The number of anilines is 2. The summed E-state index contributed by atoms with van der Waals surface area (Å²) in [6.45, 7) is 0.926. The van der Waals surface area contributed by atoms with Crippen molar-refractivity contribution >= 4 is 51.5 Å². The highest BCUT2D eigenvalue weighted by molar-refractivity contribution is 7.80. The minimum absolute atomic E-state index is 0.0118. The third-order valence-corrected chi connectivity index (χ3v) is 6.74. The smallest absolute Gasteiger partial charge is 0.341 e. The van der Waals surface area contributed by atoms with E-state index in [0.717, 1.165) is 18.9 Å². The summed E-state index contributed by atoms with van der Waals surface area (Å²) in [7, 11) is 1.42. The van der Waals surface area contributed by atoms with Crippen LogP contribution in [0, 0.1) is 17.6 Å². The molecule has 0 bridgehead atoms. The van der Waals surface area contributed by atoms with Crippen molar-refractivity contribution in [3.8, 4) is 0 Å². The summed E-state index contributed by atoms with van der Waals surface area (Å²) in [4.78, 5) is 35.5. The molecule has 10 nitrogen and oxygen atoms in total. The standard InChI is InChI=1S/C25H24F2N6O4S/c1-37-31-20-12-32(10-13(20)9-28-25(38)29-15-4-2-14(26)3-5-15)23-19(27)8-17-21(34)18(24(35)36)11-33(16-6-7-16)22(17)30-23/h2-5,8,11,13,16H,6-7,9-10,12H2,1H3,(H,35,36)(H2,28,29,38). The van der Waals surface area contributed by atoms with Crippen molar-refractivity contribution in [2.45, 2.75) is 18.9 Å². The first-order valence-electron chi connectivity index (χ1n) is 11.9. The van der Waals surface area contributed by atoms with E-state index in [9.17, 15) is 19.1 Å². The van der Waals surface area contributed by atoms with Gasteiger partial charge >= 0.3 is 5.97 Å². The summed E-state index contributed by atoms with van der Waals surface area (Å²) >= 11 is 5.34. The number of carboxylic acid groups (broad SMARTS) is 1. The van der Waals surface area contributed by atoms with E-state index in [4.69, 9.17) is 17.1 Å². The Bertz CT molecular complexity index is 1510. The Morgan fingerprint density at radius 2 is 2.03 bits per heavy atom. The Hall–Kier alpha value is -4.13. The highest BCUT2D eigenvalue weighted by Crippen LogP contribution is 2.37. The lowest BCUT2D eigenvalue weighted by molar-refractivity contribution is 0.0695. The number of benzene rings is 1. The van der Waals surface area contributed by atoms with Gasteiger partial charge in [-0.3, -0.25) is 4.79 Å². The Labute approximate surface area is 220 Å². The number of nitrogens with one attached hydrogen (secondary N) is 2. The van der Waals surface area contributed by atoms with E-state index in [-0.39, 0.29) is 41.2 Å². The number of oxime groups is 1. The molecule has 1 aliphatic carbocycles. The molecule has 3 N–H and O–H groups in total. The summed E-state index contributed by atoms with van der Waals surface area (Å²) in [5.41, 5.74) is 0.333. The molecule has 38 heavy (non-hydrogen) atoms. The molecule has 0 radical (unpaired) electrons. The minimum atomic E-state index is -1.36. The van der Waals surface area contributed by atoms with E-state index < -0.39 is 22.8 Å². The molecular formula is C25H24F2N6O4S. The molecule has 198 valence electrons. The Balaban J connectivity index is 1.38. The Morgan fingerprint density at radius 3 is 2.68 bits per heavy atom. The molecule has 1 aliphatic heterocycles. The van der Waals surface area contributed by atoms with Crippen LogP contribution in [0.1, 0.15) is 29.2 Å². The van der Waals surface area contributed by atoms with Gasteiger partial charge in [0.25, 0.3) is 0 Å². The first-order valence-corrected chi connectivity index (χ1v) is 12.3. The maximum atomic E-state index is 15.3. The zero-order valence-corrected chi connectivity index (χ0v) is 21.1. The van der Waals surface area contributed by atoms with Crippen molar-refractivity contribution < 1.29 is 23.5 Å². The first kappa shape index (κ1) is 25.5. The number of hydrogen-bond acceptors (Lipinski definition) is 7. The molecule has 2 aliphatic rings. The fourth-order valence-corrected chi connectivity index (χ4v) is 4.69. The van der Waals surface area contributed by atoms with Crippen molar-refractivity contribution in [1.82, 2.24) is 14.9 Å². The average molecular weight is 543 g/mol. The second-order valence-corrected chi connectivity index (χ2v) is 9.57. The number of nitrogens with zero attached hydrogens (tertiary/aromatic N) is 4. The molecule has 0 spiro atoms. The molecule has 1 atom stereocenters. The molecule has 3 aromatic rings. The van der Waals surface area contributed by atoms with E-state index in [1.165, 1.54) is 25.4 Å². The van der Waals surface area contributed by atoms with Crippen molar-refractivity contribution in [2.24, 2.45) is 11.1 Å². The van der Waals surface area contributed by atoms with Gasteiger partial charge < -0.3 is 30.0 Å². The maximum absolute atomic E-state index is 15.3. The van der Waals surface area contributed by atoms with E-state index >= 15 is 4.39 Å². The highest BCUT2D eigenvalue weighted by Gasteiger charge is 2.34. The van der Waals surface area contributed by atoms with E-state index in [0.29, 0.717) is 29.6 Å². The normalized spacial score (nSPS) is 18.1. The van der Waals surface area contributed by atoms with Crippen molar-refractivity contribution in [3.63, 3.8) is 0 Å². The van der Waals surface area contributed by atoms with E-state index in [2.05, 4.69) is 20.8 Å². The summed E-state index contributed by atoms with van der Waals surface area (Å²) in [6.07, 6.45) is 2.93. The zero-order chi connectivity index (χ0) is 27.0. The second-order valence-electron chi connectivity index (χ2n) is 9.17. The van der Waals surface area contributed by atoms with Gasteiger partial charge in [-0.05, 0) is 55.4 Å². The van der Waals surface area contributed by atoms with Crippen LogP contribution in [-0.4, -0.2) is 58.2 Å². The predicted molar refractivity (Wildman–Crippen MR) is 142 cm³/mol. The van der Waals surface area contributed by atoms with Crippen molar-refractivity contribution in [1.29, 1.82) is 0 Å². The van der Waals surface area contributed by atoms with Crippen molar-refractivity contribution in [3.05, 3.63) is 63.9 Å². The second kappa shape index (κ2) is 10.3. The Morgan fingerprint density at radius 1 is 1.29 bits per heavy atom. The number of aromatic carboxylic acids is 1. The van der Waals surface area contributed by atoms with E-state index in [1.807, 2.05) is 0 Å². The number of pyridine rings is 2. The Kier molecular flexibility index (Phi) is 6.93.